The highest BCUT2D eigenvalue weighted by atomic mass is 19.1. The highest BCUT2D eigenvalue weighted by molar-refractivity contribution is 5.57. The van der Waals surface area contributed by atoms with Crippen LogP contribution in [-0.2, 0) is 0 Å². The summed E-state index contributed by atoms with van der Waals surface area (Å²) in [6, 6.07) is 3.93. The molecule has 1 aromatic rings. The second-order valence-electron chi connectivity index (χ2n) is 7.46. The molecule has 3 heteroatoms. The molecule has 0 spiro atoms. The Labute approximate surface area is 128 Å². The van der Waals surface area contributed by atoms with Gasteiger partial charge in [-0.15, -0.1) is 0 Å². The van der Waals surface area contributed by atoms with Crippen LogP contribution in [0.1, 0.15) is 63.6 Å². The Bertz CT molecular complexity index is 498. The molecule has 118 valence electrons. The van der Waals surface area contributed by atoms with Crippen LogP contribution >= 0.6 is 0 Å². The Hall–Kier alpha value is -1.09. The zero-order chi connectivity index (χ0) is 15.8. The van der Waals surface area contributed by atoms with Crippen molar-refractivity contribution in [3.8, 4) is 0 Å². The number of anilines is 1. The normalized spacial score (nSPS) is 20.3. The van der Waals surface area contributed by atoms with Crippen molar-refractivity contribution < 1.29 is 4.39 Å². The lowest BCUT2D eigenvalue weighted by Crippen LogP contribution is -2.38. The van der Waals surface area contributed by atoms with E-state index in [0.29, 0.717) is 17.0 Å². The second-order valence-corrected chi connectivity index (χ2v) is 7.46. The van der Waals surface area contributed by atoms with Crippen molar-refractivity contribution in [2.24, 2.45) is 11.1 Å². The minimum atomic E-state index is -0.163. The first-order valence-electron chi connectivity index (χ1n) is 8.00. The largest absolute Gasteiger partial charge is 0.371 e. The van der Waals surface area contributed by atoms with Crippen molar-refractivity contribution >= 4 is 5.69 Å². The zero-order valence-electron chi connectivity index (χ0n) is 14.0. The van der Waals surface area contributed by atoms with Gasteiger partial charge in [-0.05, 0) is 68.2 Å². The van der Waals surface area contributed by atoms with E-state index in [-0.39, 0.29) is 11.9 Å². The van der Waals surface area contributed by atoms with Crippen molar-refractivity contribution in [3.05, 3.63) is 29.1 Å². The Balaban J connectivity index is 2.26. The summed E-state index contributed by atoms with van der Waals surface area (Å²) in [7, 11) is 2.13. The molecule has 1 saturated carbocycles. The standard InChI is InChI=1S/C18H29FN2/c1-12-10-17(15(13(2)20)11-16(12)19)21(5)14-6-8-18(3,4)9-7-14/h10-11,13-14H,6-9,20H2,1-5H3/t13-/m0/s1. The van der Waals surface area contributed by atoms with Crippen LogP contribution in [0.4, 0.5) is 10.1 Å². The summed E-state index contributed by atoms with van der Waals surface area (Å²) in [4.78, 5) is 2.32. The van der Waals surface area contributed by atoms with Gasteiger partial charge in [0.25, 0.3) is 0 Å². The second kappa shape index (κ2) is 5.96. The minimum Gasteiger partial charge on any atom is -0.371 e. The van der Waals surface area contributed by atoms with Gasteiger partial charge in [0, 0.05) is 24.8 Å². The molecule has 0 bridgehead atoms. The van der Waals surface area contributed by atoms with Crippen LogP contribution in [0.3, 0.4) is 0 Å². The van der Waals surface area contributed by atoms with Gasteiger partial charge in [-0.1, -0.05) is 13.8 Å². The Morgan fingerprint density at radius 3 is 2.38 bits per heavy atom. The van der Waals surface area contributed by atoms with Crippen molar-refractivity contribution in [3.63, 3.8) is 0 Å². The number of hydrogen-bond donors (Lipinski definition) is 1. The summed E-state index contributed by atoms with van der Waals surface area (Å²) in [5, 5.41) is 0. The quantitative estimate of drug-likeness (QED) is 0.885. The van der Waals surface area contributed by atoms with E-state index in [9.17, 15) is 4.39 Å². The number of aryl methyl sites for hydroxylation is 1. The lowest BCUT2D eigenvalue weighted by Gasteiger charge is -2.40. The summed E-state index contributed by atoms with van der Waals surface area (Å²) < 4.78 is 13.9. The topological polar surface area (TPSA) is 29.3 Å². The van der Waals surface area contributed by atoms with Gasteiger partial charge >= 0.3 is 0 Å². The fourth-order valence-electron chi connectivity index (χ4n) is 3.32. The van der Waals surface area contributed by atoms with Gasteiger partial charge in [-0.2, -0.15) is 0 Å². The van der Waals surface area contributed by atoms with Crippen LogP contribution in [-0.4, -0.2) is 13.1 Å². The van der Waals surface area contributed by atoms with Gasteiger partial charge < -0.3 is 10.6 Å². The summed E-state index contributed by atoms with van der Waals surface area (Å²) in [5.74, 6) is -0.163. The Morgan fingerprint density at radius 2 is 1.86 bits per heavy atom. The van der Waals surface area contributed by atoms with E-state index in [1.165, 1.54) is 25.7 Å². The number of rotatable bonds is 3. The summed E-state index contributed by atoms with van der Waals surface area (Å²) in [6.07, 6.45) is 4.88. The van der Waals surface area contributed by atoms with Crippen LogP contribution in [0.25, 0.3) is 0 Å². The van der Waals surface area contributed by atoms with Crippen LogP contribution in [0, 0.1) is 18.2 Å². The van der Waals surface area contributed by atoms with Crippen LogP contribution in [0.5, 0.6) is 0 Å². The first-order chi connectivity index (χ1) is 9.71. The van der Waals surface area contributed by atoms with E-state index >= 15 is 0 Å². The minimum absolute atomic E-state index is 0.155. The first-order valence-corrected chi connectivity index (χ1v) is 8.00. The zero-order valence-corrected chi connectivity index (χ0v) is 14.0. The van der Waals surface area contributed by atoms with E-state index in [2.05, 4.69) is 25.8 Å². The number of halogens is 1. The fourth-order valence-corrected chi connectivity index (χ4v) is 3.32. The van der Waals surface area contributed by atoms with Crippen molar-refractivity contribution in [2.45, 2.75) is 65.5 Å². The van der Waals surface area contributed by atoms with Gasteiger partial charge in [0.1, 0.15) is 5.82 Å². The highest BCUT2D eigenvalue weighted by Crippen LogP contribution is 2.39. The van der Waals surface area contributed by atoms with Crippen molar-refractivity contribution in [1.29, 1.82) is 0 Å². The van der Waals surface area contributed by atoms with E-state index in [1.807, 2.05) is 19.9 Å². The molecule has 2 N–H and O–H groups in total. The number of nitrogens with zero attached hydrogens (tertiary/aromatic N) is 1. The molecule has 1 atom stereocenters. The maximum Gasteiger partial charge on any atom is 0.126 e. The molecule has 21 heavy (non-hydrogen) atoms. The molecule has 0 saturated heterocycles. The molecule has 0 radical (unpaired) electrons. The third kappa shape index (κ3) is 3.57. The molecule has 0 heterocycles. The third-order valence-electron chi connectivity index (χ3n) is 5.03. The number of nitrogens with two attached hydrogens (primary N) is 1. The number of benzene rings is 1. The van der Waals surface area contributed by atoms with Gasteiger partial charge in [0.15, 0.2) is 0 Å². The lowest BCUT2D eigenvalue weighted by atomic mass is 9.75. The fraction of sp³-hybridized carbons (Fsp3) is 0.667. The molecule has 0 aliphatic heterocycles. The Morgan fingerprint density at radius 1 is 1.29 bits per heavy atom. The maximum absolute atomic E-state index is 13.9. The smallest absolute Gasteiger partial charge is 0.126 e. The van der Waals surface area contributed by atoms with E-state index in [1.54, 1.807) is 6.07 Å². The molecule has 0 amide bonds. The molecule has 0 aromatic heterocycles. The highest BCUT2D eigenvalue weighted by Gasteiger charge is 2.30. The van der Waals surface area contributed by atoms with Crippen LogP contribution < -0.4 is 10.6 Å². The van der Waals surface area contributed by atoms with Gasteiger partial charge in [0.2, 0.25) is 0 Å². The van der Waals surface area contributed by atoms with E-state index in [0.717, 1.165) is 11.3 Å². The predicted molar refractivity (Wildman–Crippen MR) is 88.2 cm³/mol. The van der Waals surface area contributed by atoms with E-state index < -0.39 is 0 Å². The molecule has 1 aliphatic rings. The average Bonchev–Trinajstić information content (AvgIpc) is 2.40. The molecule has 2 nitrogen and oxygen atoms in total. The maximum atomic E-state index is 13.9. The SMILES string of the molecule is Cc1cc(N(C)C2CCC(C)(C)CC2)c([C@H](C)N)cc1F. The van der Waals surface area contributed by atoms with Crippen LogP contribution in [0.2, 0.25) is 0 Å². The van der Waals surface area contributed by atoms with Gasteiger partial charge in [-0.3, -0.25) is 0 Å². The third-order valence-corrected chi connectivity index (χ3v) is 5.03. The summed E-state index contributed by atoms with van der Waals surface area (Å²) >= 11 is 0. The molecular formula is C18H29FN2. The van der Waals surface area contributed by atoms with Crippen molar-refractivity contribution in [2.75, 3.05) is 11.9 Å². The molecule has 1 aromatic carbocycles. The van der Waals surface area contributed by atoms with Crippen molar-refractivity contribution in [1.82, 2.24) is 0 Å². The van der Waals surface area contributed by atoms with Crippen LogP contribution in [0.15, 0.2) is 12.1 Å². The number of hydrogen-bond acceptors (Lipinski definition) is 2. The van der Waals surface area contributed by atoms with E-state index in [4.69, 9.17) is 5.73 Å². The molecule has 1 aliphatic carbocycles. The molecule has 0 unspecified atom stereocenters. The van der Waals surface area contributed by atoms with Gasteiger partial charge in [-0.25, -0.2) is 4.39 Å². The average molecular weight is 292 g/mol. The predicted octanol–water partition coefficient (Wildman–Crippen LogP) is 4.56. The molecular weight excluding hydrogens is 263 g/mol. The van der Waals surface area contributed by atoms with Gasteiger partial charge in [0.05, 0.1) is 0 Å². The molecule has 2 rings (SSSR count). The first kappa shape index (κ1) is 16.3. The summed E-state index contributed by atoms with van der Waals surface area (Å²) in [6.45, 7) is 8.43. The lowest BCUT2D eigenvalue weighted by molar-refractivity contribution is 0.222. The summed E-state index contributed by atoms with van der Waals surface area (Å²) in [5.41, 5.74) is 9.20. The monoisotopic (exact) mass is 292 g/mol. The molecule has 1 fully saturated rings. The Kier molecular flexibility index (Phi) is 4.62.